The lowest BCUT2D eigenvalue weighted by Crippen LogP contribution is -2.17. The van der Waals surface area contributed by atoms with Crippen LogP contribution in [-0.2, 0) is 6.54 Å². The Morgan fingerprint density at radius 1 is 1.45 bits per heavy atom. The van der Waals surface area contributed by atoms with E-state index < -0.39 is 5.41 Å². The Kier molecular flexibility index (Phi) is 4.61. The summed E-state index contributed by atoms with van der Waals surface area (Å²) >= 11 is 0. The molecule has 0 bridgehead atoms. The van der Waals surface area contributed by atoms with Crippen LogP contribution in [0.4, 0.5) is 4.39 Å². The minimum atomic E-state index is -0.396. The van der Waals surface area contributed by atoms with E-state index in [1.807, 2.05) is 13.8 Å². The van der Waals surface area contributed by atoms with Crippen molar-refractivity contribution in [1.82, 2.24) is 5.32 Å². The maximum Gasteiger partial charge on any atom is 0.123 e. The van der Waals surface area contributed by atoms with Gasteiger partial charge in [0.2, 0.25) is 0 Å². The summed E-state index contributed by atoms with van der Waals surface area (Å²) < 4.78 is 19.1. The molecule has 108 valence electrons. The lowest BCUT2D eigenvalue weighted by molar-refractivity contribution is 0.261. The first-order chi connectivity index (χ1) is 9.50. The van der Waals surface area contributed by atoms with E-state index in [4.69, 9.17) is 10.00 Å². The Morgan fingerprint density at radius 2 is 2.20 bits per heavy atom. The molecular formula is C16H21FN2O. The molecule has 1 aromatic carbocycles. The summed E-state index contributed by atoms with van der Waals surface area (Å²) in [7, 11) is 0. The van der Waals surface area contributed by atoms with Crippen molar-refractivity contribution in [2.45, 2.75) is 45.7 Å². The smallest absolute Gasteiger partial charge is 0.123 e. The summed E-state index contributed by atoms with van der Waals surface area (Å²) in [4.78, 5) is 0. The van der Waals surface area contributed by atoms with Crippen LogP contribution < -0.4 is 10.1 Å². The van der Waals surface area contributed by atoms with E-state index in [2.05, 4.69) is 11.4 Å². The van der Waals surface area contributed by atoms with Gasteiger partial charge in [0.15, 0.2) is 0 Å². The fourth-order valence-corrected chi connectivity index (χ4v) is 1.84. The topological polar surface area (TPSA) is 45.0 Å². The molecule has 1 aliphatic rings. The maximum atomic E-state index is 13.3. The first-order valence-electron chi connectivity index (χ1n) is 7.06. The number of hydrogen-bond acceptors (Lipinski definition) is 3. The second-order valence-corrected chi connectivity index (χ2v) is 6.00. The summed E-state index contributed by atoms with van der Waals surface area (Å²) in [5.74, 6) is 0.454. The number of rotatable bonds is 7. The van der Waals surface area contributed by atoms with Gasteiger partial charge in [0.05, 0.1) is 18.1 Å². The lowest BCUT2D eigenvalue weighted by Gasteiger charge is -2.17. The quantitative estimate of drug-likeness (QED) is 0.830. The molecule has 0 aliphatic heterocycles. The zero-order chi connectivity index (χ0) is 14.6. The van der Waals surface area contributed by atoms with Crippen LogP contribution in [0.1, 0.15) is 38.7 Å². The van der Waals surface area contributed by atoms with Crippen LogP contribution >= 0.6 is 0 Å². The van der Waals surface area contributed by atoms with Crippen molar-refractivity contribution in [3.8, 4) is 11.8 Å². The molecule has 0 amide bonds. The van der Waals surface area contributed by atoms with Gasteiger partial charge in [-0.15, -0.1) is 0 Å². The van der Waals surface area contributed by atoms with Crippen molar-refractivity contribution in [3.05, 3.63) is 29.6 Å². The molecule has 1 aromatic rings. The van der Waals surface area contributed by atoms with E-state index in [9.17, 15) is 4.39 Å². The van der Waals surface area contributed by atoms with Crippen molar-refractivity contribution in [1.29, 1.82) is 5.26 Å². The second kappa shape index (κ2) is 6.23. The Bertz CT molecular complexity index is 504. The fourth-order valence-electron chi connectivity index (χ4n) is 1.84. The highest BCUT2D eigenvalue weighted by molar-refractivity contribution is 5.34. The molecule has 4 heteroatoms. The van der Waals surface area contributed by atoms with Crippen molar-refractivity contribution in [2.24, 2.45) is 5.41 Å². The number of benzene rings is 1. The number of nitriles is 1. The molecule has 0 spiro atoms. The number of ether oxygens (including phenoxy) is 1. The van der Waals surface area contributed by atoms with E-state index in [0.29, 0.717) is 31.4 Å². The maximum absolute atomic E-state index is 13.3. The minimum absolute atomic E-state index is 0.248. The largest absolute Gasteiger partial charge is 0.493 e. The van der Waals surface area contributed by atoms with Gasteiger partial charge in [-0.25, -0.2) is 4.39 Å². The van der Waals surface area contributed by atoms with Crippen molar-refractivity contribution < 1.29 is 9.13 Å². The van der Waals surface area contributed by atoms with E-state index >= 15 is 0 Å². The Labute approximate surface area is 119 Å². The lowest BCUT2D eigenvalue weighted by atomic mass is 9.92. The molecule has 0 radical (unpaired) electrons. The van der Waals surface area contributed by atoms with Crippen LogP contribution in [0.2, 0.25) is 0 Å². The molecule has 0 aromatic heterocycles. The van der Waals surface area contributed by atoms with Gasteiger partial charge in [0.25, 0.3) is 0 Å². The summed E-state index contributed by atoms with van der Waals surface area (Å²) in [5.41, 5.74) is 0.443. The monoisotopic (exact) mass is 276 g/mol. The predicted octanol–water partition coefficient (Wildman–Crippen LogP) is 3.40. The Morgan fingerprint density at radius 3 is 2.85 bits per heavy atom. The van der Waals surface area contributed by atoms with Gasteiger partial charge in [0.1, 0.15) is 11.6 Å². The third-order valence-electron chi connectivity index (χ3n) is 3.47. The molecule has 0 unspecified atom stereocenters. The molecule has 0 saturated heterocycles. The average Bonchev–Trinajstić information content (AvgIpc) is 3.22. The summed E-state index contributed by atoms with van der Waals surface area (Å²) in [6.07, 6.45) is 3.04. The molecule has 2 rings (SSSR count). The Balaban J connectivity index is 1.93. The molecule has 20 heavy (non-hydrogen) atoms. The molecular weight excluding hydrogens is 255 g/mol. The van der Waals surface area contributed by atoms with E-state index in [1.165, 1.54) is 25.0 Å². The van der Waals surface area contributed by atoms with E-state index in [1.54, 1.807) is 6.07 Å². The standard InChI is InChI=1S/C16H21FN2O/c1-16(2,11-18)7-8-20-15-6-3-13(17)9-12(15)10-19-14-4-5-14/h3,6,9,14,19H,4-5,7-8,10H2,1-2H3. The fraction of sp³-hybridized carbons (Fsp3) is 0.562. The highest BCUT2D eigenvalue weighted by Gasteiger charge is 2.21. The number of halogens is 1. The molecule has 3 nitrogen and oxygen atoms in total. The highest BCUT2D eigenvalue weighted by Crippen LogP contribution is 2.25. The molecule has 1 aliphatic carbocycles. The van der Waals surface area contributed by atoms with Crippen LogP contribution in [0.5, 0.6) is 5.75 Å². The number of hydrogen-bond donors (Lipinski definition) is 1. The zero-order valence-electron chi connectivity index (χ0n) is 12.1. The molecule has 1 N–H and O–H groups in total. The van der Waals surface area contributed by atoms with Crippen molar-refractivity contribution >= 4 is 0 Å². The normalized spacial score (nSPS) is 14.9. The molecule has 0 atom stereocenters. The van der Waals surface area contributed by atoms with Gasteiger partial charge >= 0.3 is 0 Å². The first-order valence-corrected chi connectivity index (χ1v) is 7.06. The minimum Gasteiger partial charge on any atom is -0.493 e. The third-order valence-corrected chi connectivity index (χ3v) is 3.47. The molecule has 1 saturated carbocycles. The van der Waals surface area contributed by atoms with Crippen LogP contribution in [0, 0.1) is 22.6 Å². The van der Waals surface area contributed by atoms with Crippen molar-refractivity contribution in [2.75, 3.05) is 6.61 Å². The molecule has 0 heterocycles. The Hall–Kier alpha value is -1.60. The third kappa shape index (κ3) is 4.50. The van der Waals surface area contributed by atoms with Crippen molar-refractivity contribution in [3.63, 3.8) is 0 Å². The van der Waals surface area contributed by atoms with Crippen LogP contribution in [0.25, 0.3) is 0 Å². The van der Waals surface area contributed by atoms with Gasteiger partial charge in [-0.2, -0.15) is 5.26 Å². The second-order valence-electron chi connectivity index (χ2n) is 6.00. The summed E-state index contributed by atoms with van der Waals surface area (Å²) in [5, 5.41) is 12.3. The van der Waals surface area contributed by atoms with Crippen LogP contribution in [0.15, 0.2) is 18.2 Å². The molecule has 1 fully saturated rings. The van der Waals surface area contributed by atoms with Gasteiger partial charge in [-0.3, -0.25) is 0 Å². The number of nitrogens with one attached hydrogen (secondary N) is 1. The number of nitrogens with zero attached hydrogens (tertiary/aromatic N) is 1. The highest BCUT2D eigenvalue weighted by atomic mass is 19.1. The van der Waals surface area contributed by atoms with Gasteiger partial charge in [-0.1, -0.05) is 0 Å². The first kappa shape index (κ1) is 14.8. The summed E-state index contributed by atoms with van der Waals surface area (Å²) in [6.45, 7) is 4.86. The zero-order valence-corrected chi connectivity index (χ0v) is 12.1. The average molecular weight is 276 g/mol. The summed E-state index contributed by atoms with van der Waals surface area (Å²) in [6, 6.07) is 7.41. The van der Waals surface area contributed by atoms with Gasteiger partial charge < -0.3 is 10.1 Å². The van der Waals surface area contributed by atoms with Gasteiger partial charge in [0, 0.05) is 18.2 Å². The SMILES string of the molecule is CC(C)(C#N)CCOc1ccc(F)cc1CNC1CC1. The van der Waals surface area contributed by atoms with E-state index in [0.717, 1.165) is 5.56 Å². The van der Waals surface area contributed by atoms with E-state index in [-0.39, 0.29) is 5.82 Å². The predicted molar refractivity (Wildman–Crippen MR) is 75.8 cm³/mol. The van der Waals surface area contributed by atoms with Gasteiger partial charge in [-0.05, 0) is 51.3 Å². The van der Waals surface area contributed by atoms with Crippen LogP contribution in [0.3, 0.4) is 0 Å². The van der Waals surface area contributed by atoms with Crippen LogP contribution in [-0.4, -0.2) is 12.6 Å².